The average Bonchev–Trinajstić information content (AvgIpc) is 3.72. The van der Waals surface area contributed by atoms with E-state index in [4.69, 9.17) is 9.15 Å². The predicted octanol–water partition coefficient (Wildman–Crippen LogP) is 2.45. The molecule has 7 rings (SSSR count). The van der Waals surface area contributed by atoms with E-state index in [1.807, 2.05) is 12.1 Å². The third-order valence-corrected chi connectivity index (χ3v) is 9.87. The van der Waals surface area contributed by atoms with Gasteiger partial charge in [-0.05, 0) is 52.9 Å². The maximum atomic E-state index is 13.7. The largest absolute Gasteiger partial charge is 0.456 e. The van der Waals surface area contributed by atoms with Gasteiger partial charge in [0.25, 0.3) is 11.6 Å². The van der Waals surface area contributed by atoms with Gasteiger partial charge in [0.05, 0.1) is 28.7 Å². The number of hydrogen-bond donors (Lipinski definition) is 0. The van der Waals surface area contributed by atoms with Crippen LogP contribution < -0.4 is 4.90 Å². The van der Waals surface area contributed by atoms with E-state index in [1.54, 1.807) is 40.1 Å². The number of nitrogens with zero attached hydrogens (tertiary/aromatic N) is 8. The topological polar surface area (TPSA) is 170 Å². The summed E-state index contributed by atoms with van der Waals surface area (Å²) in [5, 5.41) is 24.6. The smallest absolute Gasteiger partial charge is 0.293 e. The number of amides is 1. The van der Waals surface area contributed by atoms with Crippen LogP contribution in [0.15, 0.2) is 70.2 Å². The molecule has 1 amide bonds. The van der Waals surface area contributed by atoms with Gasteiger partial charge in [-0.3, -0.25) is 14.9 Å². The summed E-state index contributed by atoms with van der Waals surface area (Å²) in [6.45, 7) is 2.46. The minimum Gasteiger partial charge on any atom is -0.456 e. The Labute approximate surface area is 250 Å². The van der Waals surface area contributed by atoms with Crippen LogP contribution in [0, 0.1) is 10.1 Å². The van der Waals surface area contributed by atoms with Gasteiger partial charge in [0.15, 0.2) is 0 Å². The molecule has 0 unspecified atom stereocenters. The zero-order valence-corrected chi connectivity index (χ0v) is 24.1. The quantitative estimate of drug-likeness (QED) is 0.202. The number of carbonyl (C=O) groups excluding carboxylic acids is 1. The summed E-state index contributed by atoms with van der Waals surface area (Å²) in [6.07, 6.45) is 1.47. The Morgan fingerprint density at radius 2 is 1.68 bits per heavy atom. The standard InChI is InChI=1S/C28H26N8O7S/c37-28(33-11-13-42-14-12-33)19-1-5-24(25(15-19)36(38)39)32-7-9-34(10-8-32)44(40,41)21-3-6-26-23(17-21)22-4-2-20(16-27(22)43-26)35-18-29-30-31-35/h1-6,15-18H,7-14H2. The molecule has 0 aliphatic carbocycles. The van der Waals surface area contributed by atoms with Gasteiger partial charge in [0.1, 0.15) is 23.2 Å². The molecule has 2 aliphatic rings. The number of nitro groups is 1. The lowest BCUT2D eigenvalue weighted by molar-refractivity contribution is -0.384. The van der Waals surface area contributed by atoms with Crippen LogP contribution in [0.2, 0.25) is 0 Å². The number of anilines is 1. The number of tetrazole rings is 1. The maximum absolute atomic E-state index is 13.7. The Kier molecular flexibility index (Phi) is 6.95. The molecule has 2 saturated heterocycles. The molecule has 2 fully saturated rings. The lowest BCUT2D eigenvalue weighted by atomic mass is 10.1. The van der Waals surface area contributed by atoms with E-state index in [9.17, 15) is 23.3 Å². The van der Waals surface area contributed by atoms with Gasteiger partial charge in [0.2, 0.25) is 10.0 Å². The lowest BCUT2D eigenvalue weighted by Crippen LogP contribution is -2.48. The highest BCUT2D eigenvalue weighted by atomic mass is 32.2. The number of ether oxygens (including phenoxy) is 1. The Bertz CT molecular complexity index is 2000. The van der Waals surface area contributed by atoms with Crippen molar-refractivity contribution < 1.29 is 27.3 Å². The van der Waals surface area contributed by atoms with Crippen LogP contribution in [0.3, 0.4) is 0 Å². The molecule has 0 radical (unpaired) electrons. The normalized spacial score (nSPS) is 16.5. The van der Waals surface area contributed by atoms with Gasteiger partial charge in [-0.15, -0.1) is 5.10 Å². The van der Waals surface area contributed by atoms with Crippen molar-refractivity contribution in [3.05, 3.63) is 76.6 Å². The summed E-state index contributed by atoms with van der Waals surface area (Å²) in [5.41, 5.74) is 2.19. The number of carbonyl (C=O) groups is 1. The number of furan rings is 1. The van der Waals surface area contributed by atoms with E-state index in [-0.39, 0.29) is 48.2 Å². The number of fused-ring (bicyclic) bond motifs is 3. The molecule has 226 valence electrons. The summed E-state index contributed by atoms with van der Waals surface area (Å²) in [7, 11) is -3.87. The maximum Gasteiger partial charge on any atom is 0.293 e. The fourth-order valence-electron chi connectivity index (χ4n) is 5.67. The minimum absolute atomic E-state index is 0.127. The highest BCUT2D eigenvalue weighted by Gasteiger charge is 2.32. The average molecular weight is 619 g/mol. The van der Waals surface area contributed by atoms with Crippen LogP contribution in [-0.2, 0) is 14.8 Å². The summed E-state index contributed by atoms with van der Waals surface area (Å²) >= 11 is 0. The molecule has 44 heavy (non-hydrogen) atoms. The first-order valence-corrected chi connectivity index (χ1v) is 15.3. The van der Waals surface area contributed by atoms with Gasteiger partial charge < -0.3 is 19.0 Å². The molecule has 2 aliphatic heterocycles. The molecular formula is C28H26N8O7S. The molecular weight excluding hydrogens is 592 g/mol. The van der Waals surface area contributed by atoms with E-state index < -0.39 is 14.9 Å². The van der Waals surface area contributed by atoms with Crippen molar-refractivity contribution >= 4 is 49.2 Å². The third kappa shape index (κ3) is 4.91. The molecule has 3 aromatic carbocycles. The van der Waals surface area contributed by atoms with Gasteiger partial charge in [0, 0.05) is 67.7 Å². The number of morpholine rings is 1. The van der Waals surface area contributed by atoms with Crippen LogP contribution in [0.25, 0.3) is 27.6 Å². The molecule has 4 heterocycles. The van der Waals surface area contributed by atoms with Gasteiger partial charge in [-0.2, -0.15) is 4.31 Å². The van der Waals surface area contributed by atoms with Crippen LogP contribution in [0.1, 0.15) is 10.4 Å². The predicted molar refractivity (Wildman–Crippen MR) is 157 cm³/mol. The summed E-state index contributed by atoms with van der Waals surface area (Å²) < 4.78 is 41.5. The number of sulfonamides is 1. The number of piperazine rings is 1. The molecule has 0 atom stereocenters. The van der Waals surface area contributed by atoms with E-state index in [1.165, 1.54) is 27.4 Å². The van der Waals surface area contributed by atoms with E-state index in [0.29, 0.717) is 54.2 Å². The summed E-state index contributed by atoms with van der Waals surface area (Å²) in [4.78, 5) is 27.9. The molecule has 2 aromatic heterocycles. The molecule has 0 N–H and O–H groups in total. The van der Waals surface area contributed by atoms with Crippen LogP contribution in [0.4, 0.5) is 11.4 Å². The van der Waals surface area contributed by atoms with Crippen molar-refractivity contribution in [3.8, 4) is 5.69 Å². The van der Waals surface area contributed by atoms with Gasteiger partial charge in [-0.1, -0.05) is 0 Å². The Morgan fingerprint density at radius 1 is 0.886 bits per heavy atom. The first-order chi connectivity index (χ1) is 21.3. The highest BCUT2D eigenvalue weighted by molar-refractivity contribution is 7.89. The zero-order valence-electron chi connectivity index (χ0n) is 23.3. The minimum atomic E-state index is -3.87. The van der Waals surface area contributed by atoms with Gasteiger partial charge in [-0.25, -0.2) is 13.1 Å². The number of hydrogen-bond acceptors (Lipinski definition) is 11. The molecule has 0 spiro atoms. The van der Waals surface area contributed by atoms with Crippen molar-refractivity contribution in [2.24, 2.45) is 0 Å². The summed E-state index contributed by atoms with van der Waals surface area (Å²) in [6, 6.07) is 14.6. The number of benzene rings is 3. The van der Waals surface area contributed by atoms with Crippen molar-refractivity contribution in [2.75, 3.05) is 57.4 Å². The Hall–Kier alpha value is -4.93. The fraction of sp³-hybridized carbons (Fsp3) is 0.286. The monoisotopic (exact) mass is 618 g/mol. The molecule has 15 nitrogen and oxygen atoms in total. The second-order valence-corrected chi connectivity index (χ2v) is 12.4. The summed E-state index contributed by atoms with van der Waals surface area (Å²) in [5.74, 6) is -0.283. The molecule has 5 aromatic rings. The first kappa shape index (κ1) is 27.9. The fourth-order valence-corrected chi connectivity index (χ4v) is 7.11. The Balaban J connectivity index is 1.10. The molecule has 0 bridgehead atoms. The first-order valence-electron chi connectivity index (χ1n) is 13.9. The zero-order chi connectivity index (χ0) is 30.4. The second kappa shape index (κ2) is 11.0. The SMILES string of the molecule is O=C(c1ccc(N2CCN(S(=O)(=O)c3ccc4oc5cc(-n6cnnn6)ccc5c4c3)CC2)c([N+](=O)[O-])c1)N1CCOCC1. The van der Waals surface area contributed by atoms with Gasteiger partial charge >= 0.3 is 0 Å². The van der Waals surface area contributed by atoms with Crippen molar-refractivity contribution in [1.82, 2.24) is 29.4 Å². The van der Waals surface area contributed by atoms with Crippen LogP contribution in [0.5, 0.6) is 0 Å². The van der Waals surface area contributed by atoms with Crippen molar-refractivity contribution in [2.45, 2.75) is 4.90 Å². The number of nitro benzene ring substituents is 1. The molecule has 0 saturated carbocycles. The lowest BCUT2D eigenvalue weighted by Gasteiger charge is -2.35. The number of aromatic nitrogens is 4. The Morgan fingerprint density at radius 3 is 2.41 bits per heavy atom. The van der Waals surface area contributed by atoms with E-state index >= 15 is 0 Å². The van der Waals surface area contributed by atoms with E-state index in [0.717, 1.165) is 5.39 Å². The number of rotatable bonds is 6. The molecule has 16 heteroatoms. The van der Waals surface area contributed by atoms with E-state index in [2.05, 4.69) is 15.5 Å². The van der Waals surface area contributed by atoms with Crippen LogP contribution in [-0.4, -0.2) is 101 Å². The van der Waals surface area contributed by atoms with Crippen molar-refractivity contribution in [1.29, 1.82) is 0 Å². The highest BCUT2D eigenvalue weighted by Crippen LogP contribution is 2.34. The van der Waals surface area contributed by atoms with Crippen molar-refractivity contribution in [3.63, 3.8) is 0 Å². The van der Waals surface area contributed by atoms with Crippen LogP contribution >= 0.6 is 0 Å². The third-order valence-electron chi connectivity index (χ3n) is 7.97. The second-order valence-electron chi connectivity index (χ2n) is 10.5.